The van der Waals surface area contributed by atoms with E-state index >= 15 is 0 Å². The molecule has 0 heterocycles. The Morgan fingerprint density at radius 3 is 2.67 bits per heavy atom. The lowest BCUT2D eigenvalue weighted by Crippen LogP contribution is -1.69. The second-order valence-electron chi connectivity index (χ2n) is 2.12. The molecule has 1 atom stereocenters. The first kappa shape index (κ1) is 9.17. The van der Waals surface area contributed by atoms with Crippen molar-refractivity contribution in [2.24, 2.45) is 0 Å². The summed E-state index contributed by atoms with van der Waals surface area (Å²) in [4.78, 5) is 0. The van der Waals surface area contributed by atoms with Gasteiger partial charge in [0.15, 0.2) is 0 Å². The van der Waals surface area contributed by atoms with Gasteiger partial charge in [0.1, 0.15) is 0 Å². The summed E-state index contributed by atoms with van der Waals surface area (Å²) in [6.45, 7) is 4.43. The number of allylic oxidation sites excluding steroid dienone is 1. The Balaban J connectivity index is 2.82. The normalized spacial score (nSPS) is 12.2. The predicted molar refractivity (Wildman–Crippen MR) is 47.5 cm³/mol. The van der Waals surface area contributed by atoms with E-state index in [9.17, 15) is 0 Å². The maximum absolute atomic E-state index is 2.32. The molecule has 0 radical (unpaired) electrons. The van der Waals surface area contributed by atoms with Crippen molar-refractivity contribution in [2.45, 2.75) is 33.1 Å². The second kappa shape index (κ2) is 8.17. The summed E-state index contributed by atoms with van der Waals surface area (Å²) in [5.74, 6) is 2.32. The van der Waals surface area contributed by atoms with Crippen molar-refractivity contribution >= 4 is 8.58 Å². The fraction of sp³-hybridized carbons (Fsp3) is 0.750. The Morgan fingerprint density at radius 2 is 2.11 bits per heavy atom. The van der Waals surface area contributed by atoms with E-state index < -0.39 is 0 Å². The number of hydrogen-bond acceptors (Lipinski definition) is 0. The van der Waals surface area contributed by atoms with E-state index in [1.165, 1.54) is 25.4 Å². The lowest BCUT2D eigenvalue weighted by Gasteiger charge is -1.90. The molecule has 0 fully saturated rings. The topological polar surface area (TPSA) is 0 Å². The second-order valence-corrected chi connectivity index (χ2v) is 3.36. The largest absolute Gasteiger partial charge is 0.0987 e. The molecule has 0 aliphatic rings. The highest BCUT2D eigenvalue weighted by Crippen LogP contribution is 2.13. The van der Waals surface area contributed by atoms with E-state index in [4.69, 9.17) is 0 Å². The summed E-state index contributed by atoms with van der Waals surface area (Å²) in [6, 6.07) is 0. The highest BCUT2D eigenvalue weighted by molar-refractivity contribution is 7.41. The quantitative estimate of drug-likeness (QED) is 0.410. The molecule has 0 spiro atoms. The highest BCUT2D eigenvalue weighted by atomic mass is 31.1. The van der Waals surface area contributed by atoms with Gasteiger partial charge in [-0.05, 0) is 19.0 Å². The van der Waals surface area contributed by atoms with E-state index in [1.54, 1.807) is 0 Å². The summed E-state index contributed by atoms with van der Waals surface area (Å²) in [7, 11) is 1.07. The van der Waals surface area contributed by atoms with Crippen LogP contribution >= 0.6 is 8.58 Å². The van der Waals surface area contributed by atoms with Crippen LogP contribution in [-0.4, -0.2) is 6.16 Å². The van der Waals surface area contributed by atoms with E-state index in [0.717, 1.165) is 8.58 Å². The van der Waals surface area contributed by atoms with Crippen LogP contribution in [0.15, 0.2) is 11.9 Å². The Bertz CT molecular complexity index is 67.0. The lowest BCUT2D eigenvalue weighted by atomic mass is 10.4. The van der Waals surface area contributed by atoms with Gasteiger partial charge < -0.3 is 0 Å². The molecule has 0 aliphatic heterocycles. The molecule has 0 nitrogen and oxygen atoms in total. The minimum Gasteiger partial charge on any atom is -0.0987 e. The monoisotopic (exact) mass is 144 g/mol. The number of rotatable bonds is 5. The van der Waals surface area contributed by atoms with Crippen molar-refractivity contribution in [3.63, 3.8) is 0 Å². The highest BCUT2D eigenvalue weighted by Gasteiger charge is 1.78. The van der Waals surface area contributed by atoms with E-state index in [1.807, 2.05) is 0 Å². The van der Waals surface area contributed by atoms with Crippen LogP contribution in [0.5, 0.6) is 0 Å². The van der Waals surface area contributed by atoms with Gasteiger partial charge in [-0.1, -0.05) is 40.7 Å². The predicted octanol–water partition coefficient (Wildman–Crippen LogP) is 3.39. The third-order valence-corrected chi connectivity index (χ3v) is 2.26. The van der Waals surface area contributed by atoms with Gasteiger partial charge in [-0.2, -0.15) is 0 Å². The first-order valence-corrected chi connectivity index (χ1v) is 5.08. The molecule has 54 valence electrons. The van der Waals surface area contributed by atoms with Crippen molar-refractivity contribution in [3.05, 3.63) is 11.9 Å². The minimum absolute atomic E-state index is 1.07. The third-order valence-electron chi connectivity index (χ3n) is 1.15. The Kier molecular flexibility index (Phi) is 8.32. The average Bonchev–Trinajstić information content (AvgIpc) is 1.89. The van der Waals surface area contributed by atoms with Crippen molar-refractivity contribution in [3.8, 4) is 0 Å². The van der Waals surface area contributed by atoms with Gasteiger partial charge in [0, 0.05) is 0 Å². The molecule has 0 aliphatic carbocycles. The molecule has 0 bridgehead atoms. The number of unbranched alkanes of at least 4 members (excludes halogenated alkanes) is 1. The molecule has 0 N–H and O–H groups in total. The van der Waals surface area contributed by atoms with Gasteiger partial charge in [0.05, 0.1) is 0 Å². The summed E-state index contributed by atoms with van der Waals surface area (Å²) in [6.07, 6.45) is 7.58. The minimum atomic E-state index is 1.07. The summed E-state index contributed by atoms with van der Waals surface area (Å²) in [5, 5.41) is 0. The smallest absolute Gasteiger partial charge is 0.0319 e. The van der Waals surface area contributed by atoms with Crippen LogP contribution in [0.3, 0.4) is 0 Å². The van der Waals surface area contributed by atoms with Crippen LogP contribution in [0, 0.1) is 0 Å². The lowest BCUT2D eigenvalue weighted by molar-refractivity contribution is 0.895. The molecule has 0 aromatic heterocycles. The molecule has 1 heteroatoms. The summed E-state index contributed by atoms with van der Waals surface area (Å²) < 4.78 is 0. The van der Waals surface area contributed by atoms with Crippen LogP contribution in [0.25, 0.3) is 0 Å². The summed E-state index contributed by atoms with van der Waals surface area (Å²) in [5.41, 5.74) is 0. The molecule has 9 heavy (non-hydrogen) atoms. The average molecular weight is 144 g/mol. The van der Waals surface area contributed by atoms with Crippen LogP contribution in [-0.2, 0) is 0 Å². The van der Waals surface area contributed by atoms with Gasteiger partial charge in [-0.3, -0.25) is 0 Å². The maximum Gasteiger partial charge on any atom is -0.0319 e. The molecular formula is C8H17P. The van der Waals surface area contributed by atoms with E-state index in [0.29, 0.717) is 0 Å². The molecule has 0 aromatic carbocycles. The first-order valence-electron chi connectivity index (χ1n) is 3.80. The van der Waals surface area contributed by atoms with Crippen LogP contribution in [0.1, 0.15) is 33.1 Å². The SMILES string of the molecule is CCC=CPCCCC. The fourth-order valence-electron chi connectivity index (χ4n) is 0.563. The molecule has 1 unspecified atom stereocenters. The van der Waals surface area contributed by atoms with Crippen LogP contribution in [0.2, 0.25) is 0 Å². The molecule has 0 rings (SSSR count). The molecule has 0 saturated heterocycles. The summed E-state index contributed by atoms with van der Waals surface area (Å²) >= 11 is 0. The molecule has 0 amide bonds. The van der Waals surface area contributed by atoms with Crippen molar-refractivity contribution in [1.82, 2.24) is 0 Å². The Hall–Kier alpha value is 0.170. The Morgan fingerprint density at radius 1 is 1.33 bits per heavy atom. The van der Waals surface area contributed by atoms with Gasteiger partial charge >= 0.3 is 0 Å². The zero-order chi connectivity index (χ0) is 6.95. The van der Waals surface area contributed by atoms with E-state index in [2.05, 4.69) is 25.7 Å². The maximum atomic E-state index is 2.32. The van der Waals surface area contributed by atoms with Crippen LogP contribution < -0.4 is 0 Å². The van der Waals surface area contributed by atoms with Gasteiger partial charge in [-0.25, -0.2) is 0 Å². The standard InChI is InChI=1S/C8H17P/c1-3-5-7-9-8-6-4-2/h5,7,9H,3-4,6,8H2,1-2H3. The van der Waals surface area contributed by atoms with Crippen molar-refractivity contribution < 1.29 is 0 Å². The van der Waals surface area contributed by atoms with Crippen LogP contribution in [0.4, 0.5) is 0 Å². The zero-order valence-electron chi connectivity index (χ0n) is 6.48. The van der Waals surface area contributed by atoms with Gasteiger partial charge in [0.25, 0.3) is 0 Å². The zero-order valence-corrected chi connectivity index (χ0v) is 7.48. The molecular weight excluding hydrogens is 127 g/mol. The van der Waals surface area contributed by atoms with Crippen molar-refractivity contribution in [1.29, 1.82) is 0 Å². The van der Waals surface area contributed by atoms with Crippen molar-refractivity contribution in [2.75, 3.05) is 6.16 Å². The Labute approximate surface area is 60.5 Å². The third kappa shape index (κ3) is 8.17. The molecule has 0 saturated carbocycles. The molecule has 0 aromatic rings. The van der Waals surface area contributed by atoms with Gasteiger partial charge in [0.2, 0.25) is 0 Å². The number of hydrogen-bond donors (Lipinski definition) is 0. The fourth-order valence-corrected chi connectivity index (χ4v) is 1.69. The first-order chi connectivity index (χ1) is 4.41. The van der Waals surface area contributed by atoms with Gasteiger partial charge in [-0.15, -0.1) is 0 Å². The van der Waals surface area contributed by atoms with E-state index in [-0.39, 0.29) is 0 Å².